The molecule has 2 aromatic heterocycles. The first kappa shape index (κ1) is 10.5. The Morgan fingerprint density at radius 3 is 2.73 bits per heavy atom. The topological polar surface area (TPSA) is 50.7 Å². The fraction of sp³-hybridized carbons (Fsp3) is 0.222. The lowest BCUT2D eigenvalue weighted by Crippen LogP contribution is -2.05. The third-order valence-corrected chi connectivity index (χ3v) is 3.43. The minimum Gasteiger partial charge on any atom is -0.316 e. The van der Waals surface area contributed by atoms with E-state index >= 15 is 0 Å². The molecule has 2 heterocycles. The molecule has 0 saturated heterocycles. The van der Waals surface area contributed by atoms with Crippen molar-refractivity contribution in [1.29, 1.82) is 0 Å². The van der Waals surface area contributed by atoms with Gasteiger partial charge in [-0.2, -0.15) is 0 Å². The third kappa shape index (κ3) is 2.98. The van der Waals surface area contributed by atoms with Gasteiger partial charge in [0.15, 0.2) is 9.50 Å². The van der Waals surface area contributed by atoms with Crippen LogP contribution in [0.3, 0.4) is 0 Å². The minimum atomic E-state index is 0.741. The molecule has 2 aromatic rings. The molecule has 0 fully saturated rings. The van der Waals surface area contributed by atoms with Crippen LogP contribution in [0.1, 0.15) is 5.56 Å². The van der Waals surface area contributed by atoms with Gasteiger partial charge in [-0.3, -0.25) is 0 Å². The lowest BCUT2D eigenvalue weighted by atomic mass is 10.3. The molecule has 0 aromatic carbocycles. The molecule has 0 bridgehead atoms. The summed E-state index contributed by atoms with van der Waals surface area (Å²) in [6.07, 6.45) is 5.45. The van der Waals surface area contributed by atoms with Gasteiger partial charge in [-0.05, 0) is 18.8 Å². The highest BCUT2D eigenvalue weighted by Crippen LogP contribution is 2.25. The summed E-state index contributed by atoms with van der Waals surface area (Å²) in [5.74, 6) is 0. The van der Waals surface area contributed by atoms with Gasteiger partial charge < -0.3 is 5.32 Å². The van der Waals surface area contributed by atoms with E-state index < -0.39 is 0 Å². The summed E-state index contributed by atoms with van der Waals surface area (Å²) < 4.78 is 0.969. The molecule has 4 nitrogen and oxygen atoms in total. The summed E-state index contributed by atoms with van der Waals surface area (Å²) in [5.41, 5.74) is 1.08. The van der Waals surface area contributed by atoms with Crippen LogP contribution in [0.2, 0.25) is 0 Å². The highest BCUT2D eigenvalue weighted by molar-refractivity contribution is 8.00. The molecule has 0 spiro atoms. The van der Waals surface area contributed by atoms with Crippen molar-refractivity contribution in [2.75, 3.05) is 7.05 Å². The lowest BCUT2D eigenvalue weighted by molar-refractivity contribution is 0.793. The van der Waals surface area contributed by atoms with Crippen molar-refractivity contribution in [2.45, 2.75) is 16.0 Å². The number of rotatable bonds is 4. The van der Waals surface area contributed by atoms with Crippen LogP contribution in [-0.4, -0.2) is 22.0 Å². The van der Waals surface area contributed by atoms with E-state index in [2.05, 4.69) is 20.3 Å². The van der Waals surface area contributed by atoms with Crippen LogP contribution in [0, 0.1) is 0 Å². The van der Waals surface area contributed by atoms with Crippen LogP contribution in [0.25, 0.3) is 0 Å². The second-order valence-corrected chi connectivity index (χ2v) is 4.91. The molecule has 0 saturated carbocycles. The van der Waals surface area contributed by atoms with Crippen molar-refractivity contribution in [3.05, 3.63) is 29.5 Å². The maximum Gasteiger partial charge on any atom is 0.194 e. The lowest BCUT2D eigenvalue weighted by Gasteiger charge is -1.99. The Balaban J connectivity index is 2.04. The normalized spacial score (nSPS) is 10.5. The highest BCUT2D eigenvalue weighted by atomic mass is 32.2. The molecule has 0 aliphatic rings. The summed E-state index contributed by atoms with van der Waals surface area (Å²) >= 11 is 3.08. The van der Waals surface area contributed by atoms with Gasteiger partial charge in [0, 0.05) is 36.1 Å². The van der Waals surface area contributed by atoms with Crippen molar-refractivity contribution in [3.63, 3.8) is 0 Å². The third-order valence-electron chi connectivity index (χ3n) is 1.65. The van der Waals surface area contributed by atoms with Crippen molar-refractivity contribution >= 4 is 23.1 Å². The average Bonchev–Trinajstić information content (AvgIpc) is 2.74. The molecule has 0 aliphatic carbocycles. The molecular weight excluding hydrogens is 228 g/mol. The summed E-state index contributed by atoms with van der Waals surface area (Å²) in [6, 6.07) is 0. The Morgan fingerprint density at radius 2 is 2.13 bits per heavy atom. The Hall–Kier alpha value is -0.980. The number of aromatic nitrogens is 3. The van der Waals surface area contributed by atoms with Crippen LogP contribution in [0.15, 0.2) is 33.5 Å². The largest absolute Gasteiger partial charge is 0.316 e. The van der Waals surface area contributed by atoms with Crippen LogP contribution >= 0.6 is 23.1 Å². The van der Waals surface area contributed by atoms with Crippen molar-refractivity contribution in [3.8, 4) is 0 Å². The minimum absolute atomic E-state index is 0.741. The highest BCUT2D eigenvalue weighted by Gasteiger charge is 2.02. The molecule has 6 heteroatoms. The fourth-order valence-corrected chi connectivity index (χ4v) is 2.45. The summed E-state index contributed by atoms with van der Waals surface area (Å²) in [5, 5.41) is 5.73. The van der Waals surface area contributed by atoms with Gasteiger partial charge in [0.1, 0.15) is 0 Å². The number of hydrogen-bond donors (Lipinski definition) is 1. The van der Waals surface area contributed by atoms with Crippen LogP contribution < -0.4 is 5.32 Å². The SMILES string of the molecule is CNCc1cnc(Sc2nccs2)nc1. The molecule has 78 valence electrons. The first-order valence-corrected chi connectivity index (χ1v) is 6.11. The molecule has 2 rings (SSSR count). The Labute approximate surface area is 96.2 Å². The van der Waals surface area contributed by atoms with E-state index in [1.807, 2.05) is 24.8 Å². The Kier molecular flexibility index (Phi) is 3.65. The molecule has 15 heavy (non-hydrogen) atoms. The van der Waals surface area contributed by atoms with Gasteiger partial charge in [-0.25, -0.2) is 15.0 Å². The number of nitrogens with one attached hydrogen (secondary N) is 1. The number of hydrogen-bond acceptors (Lipinski definition) is 6. The second-order valence-electron chi connectivity index (χ2n) is 2.80. The van der Waals surface area contributed by atoms with Gasteiger partial charge in [-0.1, -0.05) is 0 Å². The van der Waals surface area contributed by atoms with E-state index in [1.165, 1.54) is 11.8 Å². The zero-order chi connectivity index (χ0) is 10.5. The molecule has 0 unspecified atom stereocenters. The molecule has 0 amide bonds. The molecular formula is C9H10N4S2. The van der Waals surface area contributed by atoms with Gasteiger partial charge in [-0.15, -0.1) is 11.3 Å². The fourth-order valence-electron chi connectivity index (χ4n) is 1.03. The summed E-state index contributed by atoms with van der Waals surface area (Å²) in [4.78, 5) is 12.7. The van der Waals surface area contributed by atoms with E-state index in [9.17, 15) is 0 Å². The van der Waals surface area contributed by atoms with Gasteiger partial charge in [0.25, 0.3) is 0 Å². The maximum atomic E-state index is 4.25. The predicted octanol–water partition coefficient (Wildman–Crippen LogP) is 1.80. The van der Waals surface area contributed by atoms with Gasteiger partial charge in [0.05, 0.1) is 0 Å². The number of nitrogens with zero attached hydrogens (tertiary/aromatic N) is 3. The zero-order valence-corrected chi connectivity index (χ0v) is 9.81. The van der Waals surface area contributed by atoms with E-state index in [4.69, 9.17) is 0 Å². The first-order valence-electron chi connectivity index (χ1n) is 4.41. The van der Waals surface area contributed by atoms with Gasteiger partial charge >= 0.3 is 0 Å². The smallest absolute Gasteiger partial charge is 0.194 e. The molecule has 1 N–H and O–H groups in total. The summed E-state index contributed by atoms with van der Waals surface area (Å²) in [6.45, 7) is 0.794. The quantitative estimate of drug-likeness (QED) is 0.823. The Morgan fingerprint density at radius 1 is 1.33 bits per heavy atom. The monoisotopic (exact) mass is 238 g/mol. The average molecular weight is 238 g/mol. The van der Waals surface area contributed by atoms with E-state index in [0.717, 1.165) is 21.6 Å². The van der Waals surface area contributed by atoms with E-state index in [1.54, 1.807) is 17.5 Å². The predicted molar refractivity (Wildman–Crippen MR) is 61.0 cm³/mol. The molecule has 0 aliphatic heterocycles. The standard InChI is InChI=1S/C9H10N4S2/c1-10-4-7-5-12-8(13-6-7)15-9-11-2-3-14-9/h2-3,5-6,10H,4H2,1H3. The van der Waals surface area contributed by atoms with Crippen molar-refractivity contribution in [1.82, 2.24) is 20.3 Å². The maximum absolute atomic E-state index is 4.25. The van der Waals surface area contributed by atoms with Gasteiger partial charge in [0.2, 0.25) is 0 Å². The molecule has 0 atom stereocenters. The summed E-state index contributed by atoms with van der Waals surface area (Å²) in [7, 11) is 1.90. The molecule has 0 radical (unpaired) electrons. The second kappa shape index (κ2) is 5.20. The number of thiazole rings is 1. The van der Waals surface area contributed by atoms with Crippen molar-refractivity contribution < 1.29 is 0 Å². The van der Waals surface area contributed by atoms with Crippen LogP contribution in [0.4, 0.5) is 0 Å². The van der Waals surface area contributed by atoms with E-state index in [0.29, 0.717) is 0 Å². The first-order chi connectivity index (χ1) is 7.38. The van der Waals surface area contributed by atoms with Crippen molar-refractivity contribution in [2.24, 2.45) is 0 Å². The van der Waals surface area contributed by atoms with Crippen LogP contribution in [0.5, 0.6) is 0 Å². The van der Waals surface area contributed by atoms with E-state index in [-0.39, 0.29) is 0 Å². The Bertz CT molecular complexity index is 399. The zero-order valence-electron chi connectivity index (χ0n) is 8.17. The van der Waals surface area contributed by atoms with Crippen LogP contribution in [-0.2, 0) is 6.54 Å².